The minimum absolute atomic E-state index is 0.129. The van der Waals surface area contributed by atoms with Crippen LogP contribution in [0.4, 0.5) is 0 Å². The van der Waals surface area contributed by atoms with Gasteiger partial charge in [-0.25, -0.2) is 0 Å². The second kappa shape index (κ2) is 8.21. The van der Waals surface area contributed by atoms with E-state index in [1.54, 1.807) is 7.11 Å². The van der Waals surface area contributed by atoms with Gasteiger partial charge in [0.25, 0.3) is 0 Å². The lowest BCUT2D eigenvalue weighted by Gasteiger charge is -2.31. The number of ether oxygens (including phenoxy) is 3. The van der Waals surface area contributed by atoms with Crippen LogP contribution in [-0.2, 0) is 16.1 Å². The minimum atomic E-state index is -0.828. The molecule has 0 atom stereocenters. The fraction of sp³-hybridized carbons (Fsp3) is 0.350. The molecule has 26 heavy (non-hydrogen) atoms. The molecule has 0 aromatic heterocycles. The smallest absolute Gasteiger partial charge is 0.240 e. The largest absolute Gasteiger partial charge is 0.493 e. The second-order valence-electron chi connectivity index (χ2n) is 6.35. The number of carbonyl (C=O) groups excluding carboxylic acids is 1. The van der Waals surface area contributed by atoms with Crippen LogP contribution in [-0.4, -0.2) is 31.8 Å². The highest BCUT2D eigenvalue weighted by Gasteiger charge is 2.35. The second-order valence-corrected chi connectivity index (χ2v) is 6.35. The molecule has 0 spiro atoms. The summed E-state index contributed by atoms with van der Waals surface area (Å²) in [6.45, 7) is 1.48. The maximum atomic E-state index is 12.3. The number of para-hydroxylation sites is 2. The van der Waals surface area contributed by atoms with Gasteiger partial charge in [-0.3, -0.25) is 4.79 Å². The van der Waals surface area contributed by atoms with Crippen molar-refractivity contribution >= 4 is 5.91 Å². The molecule has 2 aromatic carbocycles. The summed E-state index contributed by atoms with van der Waals surface area (Å²) >= 11 is 0. The summed E-state index contributed by atoms with van der Waals surface area (Å²) < 4.78 is 16.4. The fourth-order valence-electron chi connectivity index (χ4n) is 2.83. The van der Waals surface area contributed by atoms with Crippen LogP contribution in [0.25, 0.3) is 0 Å². The van der Waals surface area contributed by atoms with Gasteiger partial charge < -0.3 is 25.3 Å². The number of methoxy groups -OCH3 is 1. The van der Waals surface area contributed by atoms with Gasteiger partial charge in [-0.15, -0.1) is 0 Å². The topological polar surface area (TPSA) is 82.8 Å². The number of benzene rings is 2. The predicted octanol–water partition coefficient (Wildman–Crippen LogP) is 2.61. The Kier molecular flexibility index (Phi) is 5.75. The van der Waals surface area contributed by atoms with Crippen molar-refractivity contribution in [2.75, 3.05) is 20.3 Å². The first-order chi connectivity index (χ1) is 12.6. The maximum Gasteiger partial charge on any atom is 0.240 e. The van der Waals surface area contributed by atoms with E-state index in [4.69, 9.17) is 19.9 Å². The summed E-state index contributed by atoms with van der Waals surface area (Å²) in [6, 6.07) is 15.0. The fourth-order valence-corrected chi connectivity index (χ4v) is 2.83. The number of carbonyl (C=O) groups is 1. The van der Waals surface area contributed by atoms with Crippen molar-refractivity contribution in [1.29, 1.82) is 0 Å². The Morgan fingerprint density at radius 1 is 1.12 bits per heavy atom. The van der Waals surface area contributed by atoms with E-state index in [9.17, 15) is 4.79 Å². The first-order valence-electron chi connectivity index (χ1n) is 8.65. The van der Waals surface area contributed by atoms with Crippen LogP contribution >= 0.6 is 0 Å². The Hall–Kier alpha value is -2.57. The Labute approximate surface area is 153 Å². The van der Waals surface area contributed by atoms with E-state index in [-0.39, 0.29) is 5.91 Å². The molecule has 1 fully saturated rings. The van der Waals surface area contributed by atoms with Crippen LogP contribution < -0.4 is 20.5 Å². The van der Waals surface area contributed by atoms with Crippen LogP contribution in [0.15, 0.2) is 48.5 Å². The highest BCUT2D eigenvalue weighted by molar-refractivity contribution is 5.86. The molecule has 138 valence electrons. The van der Waals surface area contributed by atoms with Crippen molar-refractivity contribution in [2.45, 2.75) is 24.9 Å². The average Bonchev–Trinajstić information content (AvgIpc) is 2.68. The van der Waals surface area contributed by atoms with Crippen LogP contribution in [0.2, 0.25) is 0 Å². The first kappa shape index (κ1) is 18.2. The highest BCUT2D eigenvalue weighted by atomic mass is 16.5. The SMILES string of the molecule is COc1ccccc1Oc1ccc(CNC(=O)C2(N)CCOCC2)cc1. The first-order valence-corrected chi connectivity index (χ1v) is 8.65. The van der Waals surface area contributed by atoms with Crippen molar-refractivity contribution in [3.05, 3.63) is 54.1 Å². The third-order valence-electron chi connectivity index (χ3n) is 4.51. The normalized spacial score (nSPS) is 15.9. The third-order valence-corrected chi connectivity index (χ3v) is 4.51. The van der Waals surface area contributed by atoms with E-state index < -0.39 is 5.54 Å². The Balaban J connectivity index is 1.57. The van der Waals surface area contributed by atoms with E-state index in [2.05, 4.69) is 5.32 Å². The molecule has 0 aliphatic carbocycles. The van der Waals surface area contributed by atoms with Gasteiger partial charge >= 0.3 is 0 Å². The van der Waals surface area contributed by atoms with Crippen molar-refractivity contribution in [3.63, 3.8) is 0 Å². The van der Waals surface area contributed by atoms with Crippen LogP contribution in [0, 0.1) is 0 Å². The third kappa shape index (κ3) is 4.33. The molecule has 0 radical (unpaired) electrons. The van der Waals surface area contributed by atoms with E-state index in [0.29, 0.717) is 49.8 Å². The highest BCUT2D eigenvalue weighted by Crippen LogP contribution is 2.30. The molecule has 2 aromatic rings. The predicted molar refractivity (Wildman–Crippen MR) is 98.3 cm³/mol. The van der Waals surface area contributed by atoms with Gasteiger partial charge in [-0.1, -0.05) is 24.3 Å². The number of hydrogen-bond acceptors (Lipinski definition) is 5. The van der Waals surface area contributed by atoms with Gasteiger partial charge in [0.15, 0.2) is 11.5 Å². The Morgan fingerprint density at radius 3 is 2.42 bits per heavy atom. The van der Waals surface area contributed by atoms with Gasteiger partial charge in [0.1, 0.15) is 5.75 Å². The molecular formula is C20H24N2O4. The van der Waals surface area contributed by atoms with Gasteiger partial charge in [0, 0.05) is 19.8 Å². The number of hydrogen-bond donors (Lipinski definition) is 2. The molecule has 1 amide bonds. The molecule has 1 saturated heterocycles. The Morgan fingerprint density at radius 2 is 1.77 bits per heavy atom. The summed E-state index contributed by atoms with van der Waals surface area (Å²) in [5.41, 5.74) is 6.33. The number of nitrogens with two attached hydrogens (primary N) is 1. The minimum Gasteiger partial charge on any atom is -0.493 e. The zero-order chi connectivity index (χ0) is 18.4. The van der Waals surface area contributed by atoms with E-state index in [1.165, 1.54) is 0 Å². The molecule has 6 heteroatoms. The molecule has 0 bridgehead atoms. The molecule has 3 N–H and O–H groups in total. The van der Waals surface area contributed by atoms with Gasteiger partial charge in [-0.05, 0) is 42.7 Å². The molecule has 6 nitrogen and oxygen atoms in total. The van der Waals surface area contributed by atoms with Crippen molar-refractivity contribution in [1.82, 2.24) is 5.32 Å². The molecule has 3 rings (SSSR count). The molecule has 1 aliphatic heterocycles. The number of rotatable bonds is 6. The molecule has 0 saturated carbocycles. The van der Waals surface area contributed by atoms with E-state index in [0.717, 1.165) is 5.56 Å². The zero-order valence-corrected chi connectivity index (χ0v) is 14.9. The lowest BCUT2D eigenvalue weighted by molar-refractivity contribution is -0.129. The van der Waals surface area contributed by atoms with E-state index >= 15 is 0 Å². The monoisotopic (exact) mass is 356 g/mol. The van der Waals surface area contributed by atoms with Crippen LogP contribution in [0.3, 0.4) is 0 Å². The number of nitrogens with one attached hydrogen (secondary N) is 1. The van der Waals surface area contributed by atoms with Gasteiger partial charge in [-0.2, -0.15) is 0 Å². The molecule has 1 aliphatic rings. The summed E-state index contributed by atoms with van der Waals surface area (Å²) in [6.07, 6.45) is 1.09. The summed E-state index contributed by atoms with van der Waals surface area (Å²) in [4.78, 5) is 12.3. The van der Waals surface area contributed by atoms with Crippen LogP contribution in [0.5, 0.6) is 17.2 Å². The quantitative estimate of drug-likeness (QED) is 0.831. The van der Waals surface area contributed by atoms with Gasteiger partial charge in [0.05, 0.1) is 12.6 Å². The van der Waals surface area contributed by atoms with Crippen molar-refractivity contribution in [2.24, 2.45) is 5.73 Å². The van der Waals surface area contributed by atoms with E-state index in [1.807, 2.05) is 48.5 Å². The van der Waals surface area contributed by atoms with Crippen molar-refractivity contribution in [3.8, 4) is 17.2 Å². The van der Waals surface area contributed by atoms with Crippen LogP contribution in [0.1, 0.15) is 18.4 Å². The standard InChI is InChI=1S/C20H24N2O4/c1-24-17-4-2-3-5-18(17)26-16-8-6-15(7-9-16)14-22-19(23)20(21)10-12-25-13-11-20/h2-9H,10-14,21H2,1H3,(H,22,23). The zero-order valence-electron chi connectivity index (χ0n) is 14.9. The maximum absolute atomic E-state index is 12.3. The summed E-state index contributed by atoms with van der Waals surface area (Å²) in [5.74, 6) is 1.90. The number of amides is 1. The summed E-state index contributed by atoms with van der Waals surface area (Å²) in [7, 11) is 1.61. The molecule has 0 unspecified atom stereocenters. The Bertz CT molecular complexity index is 740. The molecular weight excluding hydrogens is 332 g/mol. The van der Waals surface area contributed by atoms with Crippen molar-refractivity contribution < 1.29 is 19.0 Å². The molecule has 1 heterocycles. The van der Waals surface area contributed by atoms with Gasteiger partial charge in [0.2, 0.25) is 5.91 Å². The lowest BCUT2D eigenvalue weighted by atomic mass is 9.90. The average molecular weight is 356 g/mol. The lowest BCUT2D eigenvalue weighted by Crippen LogP contribution is -2.56. The summed E-state index contributed by atoms with van der Waals surface area (Å²) in [5, 5.41) is 2.92.